The number of thiazole rings is 1. The highest BCUT2D eigenvalue weighted by atomic mass is 32.1. The number of likely N-dealkylation sites (tertiary alicyclic amines) is 1. The van der Waals surface area contributed by atoms with Crippen LogP contribution in [0.2, 0.25) is 0 Å². The van der Waals surface area contributed by atoms with Crippen molar-refractivity contribution >= 4 is 23.1 Å². The standard InChI is InChI=1S/C27H29N7O3S/c1-16-15-38-24(30-16)21-10-7-11-34(21)25(35)20-13-18(12-19(31-20)22(28)36-3)23-32-33-26(37-23)27(2,29)14-17-8-5-4-6-9-17/h4-6,8-9,12-13,15,21,28H,7,10-11,14,29H2,1-3H3. The van der Waals surface area contributed by atoms with E-state index in [9.17, 15) is 4.79 Å². The van der Waals surface area contributed by atoms with Gasteiger partial charge in [-0.1, -0.05) is 30.3 Å². The van der Waals surface area contributed by atoms with Gasteiger partial charge in [-0.15, -0.1) is 21.5 Å². The van der Waals surface area contributed by atoms with Crippen LogP contribution in [-0.2, 0) is 16.7 Å². The summed E-state index contributed by atoms with van der Waals surface area (Å²) in [4.78, 5) is 24.5. The van der Waals surface area contributed by atoms with Crippen LogP contribution in [0.5, 0.6) is 0 Å². The second-order valence-electron chi connectivity index (χ2n) is 9.64. The lowest BCUT2D eigenvalue weighted by molar-refractivity contribution is 0.0729. The lowest BCUT2D eigenvalue weighted by atomic mass is 9.94. The van der Waals surface area contributed by atoms with E-state index < -0.39 is 5.54 Å². The van der Waals surface area contributed by atoms with Crippen LogP contribution in [0.15, 0.2) is 52.3 Å². The number of nitrogens with zero attached hydrogens (tertiary/aromatic N) is 5. The third kappa shape index (κ3) is 5.20. The monoisotopic (exact) mass is 531 g/mol. The predicted molar refractivity (Wildman–Crippen MR) is 143 cm³/mol. The van der Waals surface area contributed by atoms with Crippen LogP contribution >= 0.6 is 11.3 Å². The van der Waals surface area contributed by atoms with E-state index in [-0.39, 0.29) is 41.0 Å². The number of amides is 1. The molecule has 0 spiro atoms. The first-order chi connectivity index (χ1) is 18.2. The first-order valence-corrected chi connectivity index (χ1v) is 13.2. The highest BCUT2D eigenvalue weighted by molar-refractivity contribution is 7.09. The van der Waals surface area contributed by atoms with Crippen LogP contribution < -0.4 is 5.73 Å². The SMILES string of the molecule is COC(=N)c1cc(-c2nnc(C(C)(N)Cc3ccccc3)o2)cc(C(=O)N2CCCC2c2nc(C)cs2)n1. The van der Waals surface area contributed by atoms with Gasteiger partial charge in [-0.3, -0.25) is 10.2 Å². The van der Waals surface area contributed by atoms with E-state index in [2.05, 4.69) is 20.2 Å². The Morgan fingerprint density at radius 3 is 2.71 bits per heavy atom. The van der Waals surface area contributed by atoms with Gasteiger partial charge in [0.1, 0.15) is 16.4 Å². The summed E-state index contributed by atoms with van der Waals surface area (Å²) in [6, 6.07) is 12.9. The number of nitrogens with two attached hydrogens (primary N) is 1. The lowest BCUT2D eigenvalue weighted by Crippen LogP contribution is -2.35. The molecule has 38 heavy (non-hydrogen) atoms. The summed E-state index contributed by atoms with van der Waals surface area (Å²) in [5.41, 5.74) is 8.45. The van der Waals surface area contributed by atoms with Gasteiger partial charge < -0.3 is 19.8 Å². The third-order valence-electron chi connectivity index (χ3n) is 6.49. The molecule has 2 atom stereocenters. The van der Waals surface area contributed by atoms with Crippen LogP contribution in [0.3, 0.4) is 0 Å². The molecule has 0 saturated carbocycles. The Kier molecular flexibility index (Phi) is 7.04. The molecule has 0 aliphatic carbocycles. The Morgan fingerprint density at radius 2 is 2.00 bits per heavy atom. The van der Waals surface area contributed by atoms with Gasteiger partial charge in [0.15, 0.2) is 0 Å². The minimum atomic E-state index is -0.908. The maximum Gasteiger partial charge on any atom is 0.273 e. The minimum absolute atomic E-state index is 0.108. The number of aromatic nitrogens is 4. The van der Waals surface area contributed by atoms with Crippen molar-refractivity contribution in [1.29, 1.82) is 5.41 Å². The van der Waals surface area contributed by atoms with E-state index in [0.717, 1.165) is 29.1 Å². The topological polar surface area (TPSA) is 144 Å². The van der Waals surface area contributed by atoms with Crippen molar-refractivity contribution in [2.45, 2.75) is 44.7 Å². The first kappa shape index (κ1) is 25.7. The van der Waals surface area contributed by atoms with Crippen LogP contribution in [0.1, 0.15) is 64.1 Å². The van der Waals surface area contributed by atoms with Gasteiger partial charge in [0.05, 0.1) is 18.7 Å². The quantitative estimate of drug-likeness (QED) is 0.266. The molecule has 196 valence electrons. The molecule has 3 aromatic heterocycles. The van der Waals surface area contributed by atoms with Crippen LogP contribution in [0.25, 0.3) is 11.5 Å². The van der Waals surface area contributed by atoms with Crippen molar-refractivity contribution in [3.63, 3.8) is 0 Å². The molecule has 3 N–H and O–H groups in total. The molecule has 0 radical (unpaired) electrons. The molecule has 1 aliphatic rings. The molecule has 1 aliphatic heterocycles. The number of carbonyl (C=O) groups is 1. The Balaban J connectivity index is 1.47. The second kappa shape index (κ2) is 10.4. The molecule has 10 nitrogen and oxygen atoms in total. The molecule has 11 heteroatoms. The average molecular weight is 532 g/mol. The smallest absolute Gasteiger partial charge is 0.273 e. The van der Waals surface area contributed by atoms with E-state index in [0.29, 0.717) is 18.5 Å². The van der Waals surface area contributed by atoms with Gasteiger partial charge in [0, 0.05) is 23.2 Å². The fourth-order valence-electron chi connectivity index (χ4n) is 4.59. The molecule has 1 aromatic carbocycles. The number of carbonyl (C=O) groups excluding carboxylic acids is 1. The molecule has 4 heterocycles. The number of nitrogens with one attached hydrogen (secondary N) is 1. The number of methoxy groups -OCH3 is 1. The van der Waals surface area contributed by atoms with Crippen molar-refractivity contribution < 1.29 is 13.9 Å². The van der Waals surface area contributed by atoms with Gasteiger partial charge >= 0.3 is 0 Å². The molecule has 5 rings (SSSR count). The van der Waals surface area contributed by atoms with E-state index in [1.165, 1.54) is 7.11 Å². The Morgan fingerprint density at radius 1 is 1.24 bits per heavy atom. The van der Waals surface area contributed by atoms with Gasteiger partial charge in [0.2, 0.25) is 17.7 Å². The lowest BCUT2D eigenvalue weighted by Gasteiger charge is -2.23. The zero-order chi connectivity index (χ0) is 26.9. The summed E-state index contributed by atoms with van der Waals surface area (Å²) in [6.07, 6.45) is 2.21. The second-order valence-corrected chi connectivity index (χ2v) is 10.5. The van der Waals surface area contributed by atoms with Crippen LogP contribution in [0, 0.1) is 12.3 Å². The molecular formula is C27H29N7O3S. The van der Waals surface area contributed by atoms with Gasteiger partial charge in [-0.2, -0.15) is 0 Å². The summed E-state index contributed by atoms with van der Waals surface area (Å²) in [7, 11) is 1.38. The maximum absolute atomic E-state index is 13.7. The van der Waals surface area contributed by atoms with Gasteiger partial charge in [0.25, 0.3) is 5.91 Å². The van der Waals surface area contributed by atoms with Crippen molar-refractivity contribution in [2.24, 2.45) is 5.73 Å². The number of benzene rings is 1. The number of pyridine rings is 1. The zero-order valence-corrected chi connectivity index (χ0v) is 22.3. The summed E-state index contributed by atoms with van der Waals surface area (Å²) in [5.74, 6) is 0.0183. The molecule has 1 fully saturated rings. The third-order valence-corrected chi connectivity index (χ3v) is 7.56. The fourth-order valence-corrected chi connectivity index (χ4v) is 5.53. The number of rotatable bonds is 7. The molecular weight excluding hydrogens is 502 g/mol. The zero-order valence-electron chi connectivity index (χ0n) is 21.5. The summed E-state index contributed by atoms with van der Waals surface area (Å²) < 4.78 is 11.1. The first-order valence-electron chi connectivity index (χ1n) is 12.3. The van der Waals surface area contributed by atoms with E-state index in [1.54, 1.807) is 28.4 Å². The van der Waals surface area contributed by atoms with E-state index in [4.69, 9.17) is 20.3 Å². The molecule has 1 amide bonds. The molecule has 2 unspecified atom stereocenters. The molecule has 0 bridgehead atoms. The van der Waals surface area contributed by atoms with Crippen molar-refractivity contribution in [3.8, 4) is 11.5 Å². The fraction of sp³-hybridized carbons (Fsp3) is 0.333. The predicted octanol–water partition coefficient (Wildman–Crippen LogP) is 4.26. The van der Waals surface area contributed by atoms with Crippen LogP contribution in [-0.4, -0.2) is 50.5 Å². The number of ether oxygens (including phenoxy) is 1. The minimum Gasteiger partial charge on any atom is -0.480 e. The Hall–Kier alpha value is -3.96. The summed E-state index contributed by atoms with van der Waals surface area (Å²) >= 11 is 1.56. The average Bonchev–Trinajstić information content (AvgIpc) is 3.68. The Labute approximate surface area is 224 Å². The normalized spacial score (nSPS) is 16.8. The summed E-state index contributed by atoms with van der Waals surface area (Å²) in [6.45, 7) is 4.37. The number of hydrogen-bond acceptors (Lipinski definition) is 10. The van der Waals surface area contributed by atoms with Crippen molar-refractivity contribution in [3.05, 3.63) is 81.4 Å². The number of aryl methyl sites for hydroxylation is 1. The van der Waals surface area contributed by atoms with Gasteiger partial charge in [-0.05, 0) is 50.8 Å². The maximum atomic E-state index is 13.7. The van der Waals surface area contributed by atoms with Gasteiger partial charge in [-0.25, -0.2) is 9.97 Å². The summed E-state index contributed by atoms with van der Waals surface area (Å²) in [5, 5.41) is 19.5. The van der Waals surface area contributed by atoms with Crippen molar-refractivity contribution in [2.75, 3.05) is 13.7 Å². The largest absolute Gasteiger partial charge is 0.480 e. The van der Waals surface area contributed by atoms with E-state index in [1.807, 2.05) is 49.6 Å². The van der Waals surface area contributed by atoms with Crippen LogP contribution in [0.4, 0.5) is 0 Å². The highest BCUT2D eigenvalue weighted by Crippen LogP contribution is 2.35. The highest BCUT2D eigenvalue weighted by Gasteiger charge is 2.34. The van der Waals surface area contributed by atoms with E-state index >= 15 is 0 Å². The Bertz CT molecular complexity index is 1460. The van der Waals surface area contributed by atoms with Crippen molar-refractivity contribution in [1.82, 2.24) is 25.1 Å². The molecule has 1 saturated heterocycles. The number of hydrogen-bond donors (Lipinski definition) is 2. The molecule has 4 aromatic rings.